The molecule has 0 atom stereocenters. The monoisotopic (exact) mass is 294 g/mol. The highest BCUT2D eigenvalue weighted by molar-refractivity contribution is 6.19. The molecule has 2 fully saturated rings. The highest BCUT2D eigenvalue weighted by Gasteiger charge is 2.57. The zero-order valence-electron chi connectivity index (χ0n) is 11.0. The summed E-state index contributed by atoms with van der Waals surface area (Å²) in [5.74, 6) is -2.60. The number of hydrogen-bond donors (Lipinski definition) is 1. The van der Waals surface area contributed by atoms with E-state index in [9.17, 15) is 23.2 Å². The minimum Gasteiger partial charge on any atom is -0.277 e. The zero-order valence-corrected chi connectivity index (χ0v) is 11.0. The summed E-state index contributed by atoms with van der Waals surface area (Å²) in [6, 6.07) is 1.92. The predicted molar refractivity (Wildman–Crippen MR) is 66.7 cm³/mol. The first-order valence-corrected chi connectivity index (χ1v) is 6.55. The predicted octanol–water partition coefficient (Wildman–Crippen LogP) is 1.71. The Morgan fingerprint density at radius 2 is 1.90 bits per heavy atom. The molecule has 1 saturated heterocycles. The molecule has 1 saturated carbocycles. The standard InChI is InChI=1S/C14H12F2N2O3/c15-9-2-3-10(16)8(6-9)7-18-12(20)14(4-1-5-14)11(19)17-13(18)21/h2-3,6H,1,4-5,7H2,(H,17,19,21). The van der Waals surface area contributed by atoms with Crippen molar-refractivity contribution in [2.75, 3.05) is 0 Å². The smallest absolute Gasteiger partial charge is 0.277 e. The number of rotatable bonds is 2. The normalized spacial score (nSPS) is 20.5. The molecule has 110 valence electrons. The third kappa shape index (κ3) is 2.00. The van der Waals surface area contributed by atoms with Gasteiger partial charge in [0.25, 0.3) is 0 Å². The summed E-state index contributed by atoms with van der Waals surface area (Å²) in [6.45, 7) is -0.400. The third-order valence-electron chi connectivity index (χ3n) is 4.10. The molecule has 1 aromatic carbocycles. The topological polar surface area (TPSA) is 66.5 Å². The molecule has 0 radical (unpaired) electrons. The van der Waals surface area contributed by atoms with Crippen molar-refractivity contribution in [3.8, 4) is 0 Å². The number of carbonyl (C=O) groups is 3. The van der Waals surface area contributed by atoms with Crippen molar-refractivity contribution in [1.29, 1.82) is 0 Å². The van der Waals surface area contributed by atoms with Crippen LogP contribution in [0.3, 0.4) is 0 Å². The average Bonchev–Trinajstić information content (AvgIpc) is 2.36. The Kier molecular flexibility index (Phi) is 3.00. The molecule has 5 nitrogen and oxygen atoms in total. The lowest BCUT2D eigenvalue weighted by Crippen LogP contribution is -2.65. The van der Waals surface area contributed by atoms with Crippen LogP contribution in [0.2, 0.25) is 0 Å². The summed E-state index contributed by atoms with van der Waals surface area (Å²) in [6.07, 6.45) is 1.45. The first-order chi connectivity index (χ1) is 9.94. The molecule has 0 aromatic heterocycles. The lowest BCUT2D eigenvalue weighted by Gasteiger charge is -2.44. The Hall–Kier alpha value is -2.31. The van der Waals surface area contributed by atoms with Crippen molar-refractivity contribution in [3.05, 3.63) is 35.4 Å². The Morgan fingerprint density at radius 1 is 1.19 bits per heavy atom. The molecule has 3 rings (SSSR count). The number of hydrogen-bond acceptors (Lipinski definition) is 3. The van der Waals surface area contributed by atoms with E-state index in [0.717, 1.165) is 29.5 Å². The molecule has 1 aliphatic carbocycles. The van der Waals surface area contributed by atoms with Gasteiger partial charge in [0.05, 0.1) is 6.54 Å². The first-order valence-electron chi connectivity index (χ1n) is 6.55. The molecule has 1 aromatic rings. The fourth-order valence-electron chi connectivity index (χ4n) is 2.68. The van der Waals surface area contributed by atoms with Crippen LogP contribution in [-0.2, 0) is 16.1 Å². The SMILES string of the molecule is O=C1NC(=O)C2(CCC2)C(=O)N1Cc1cc(F)ccc1F. The summed E-state index contributed by atoms with van der Waals surface area (Å²) in [7, 11) is 0. The maximum Gasteiger partial charge on any atom is 0.331 e. The van der Waals surface area contributed by atoms with Crippen LogP contribution in [0.4, 0.5) is 13.6 Å². The second-order valence-corrected chi connectivity index (χ2v) is 5.32. The highest BCUT2D eigenvalue weighted by atomic mass is 19.1. The summed E-state index contributed by atoms with van der Waals surface area (Å²) >= 11 is 0. The molecule has 4 amide bonds. The summed E-state index contributed by atoms with van der Waals surface area (Å²) in [5, 5.41) is 2.12. The average molecular weight is 294 g/mol. The van der Waals surface area contributed by atoms with Gasteiger partial charge in [-0.05, 0) is 31.0 Å². The van der Waals surface area contributed by atoms with E-state index in [2.05, 4.69) is 5.32 Å². The van der Waals surface area contributed by atoms with Gasteiger partial charge in [-0.25, -0.2) is 13.6 Å². The lowest BCUT2D eigenvalue weighted by molar-refractivity contribution is -0.158. The molecular weight excluding hydrogens is 282 g/mol. The Bertz CT molecular complexity index is 656. The van der Waals surface area contributed by atoms with Crippen LogP contribution in [0.1, 0.15) is 24.8 Å². The van der Waals surface area contributed by atoms with Crippen molar-refractivity contribution >= 4 is 17.8 Å². The van der Waals surface area contributed by atoms with Gasteiger partial charge in [-0.1, -0.05) is 6.42 Å². The van der Waals surface area contributed by atoms with Gasteiger partial charge >= 0.3 is 6.03 Å². The van der Waals surface area contributed by atoms with Crippen LogP contribution in [0.15, 0.2) is 18.2 Å². The van der Waals surface area contributed by atoms with E-state index in [1.54, 1.807) is 0 Å². The second kappa shape index (κ2) is 4.61. The largest absolute Gasteiger partial charge is 0.331 e. The number of carbonyl (C=O) groups excluding carboxylic acids is 3. The zero-order chi connectivity index (χ0) is 15.2. The van der Waals surface area contributed by atoms with Crippen molar-refractivity contribution in [3.63, 3.8) is 0 Å². The van der Waals surface area contributed by atoms with Crippen LogP contribution >= 0.6 is 0 Å². The third-order valence-corrected chi connectivity index (χ3v) is 4.10. The number of amides is 4. The van der Waals surface area contributed by atoms with Crippen molar-refractivity contribution in [2.24, 2.45) is 5.41 Å². The number of benzene rings is 1. The number of nitrogens with one attached hydrogen (secondary N) is 1. The summed E-state index contributed by atoms with van der Waals surface area (Å²) in [4.78, 5) is 36.8. The van der Waals surface area contributed by atoms with Crippen LogP contribution < -0.4 is 5.32 Å². The summed E-state index contributed by atoms with van der Waals surface area (Å²) in [5.41, 5.74) is -1.32. The van der Waals surface area contributed by atoms with Crippen molar-refractivity contribution in [1.82, 2.24) is 10.2 Å². The molecule has 1 N–H and O–H groups in total. The maximum absolute atomic E-state index is 13.6. The highest BCUT2D eigenvalue weighted by Crippen LogP contribution is 2.44. The second-order valence-electron chi connectivity index (χ2n) is 5.32. The first kappa shape index (κ1) is 13.7. The molecule has 1 heterocycles. The van der Waals surface area contributed by atoms with Crippen molar-refractivity contribution in [2.45, 2.75) is 25.8 Å². The number of halogens is 2. The van der Waals surface area contributed by atoms with Crippen LogP contribution in [0, 0.1) is 17.0 Å². The fourth-order valence-corrected chi connectivity index (χ4v) is 2.68. The van der Waals surface area contributed by atoms with Gasteiger partial charge in [0, 0.05) is 5.56 Å². The minimum atomic E-state index is -1.21. The minimum absolute atomic E-state index is 0.109. The van der Waals surface area contributed by atoms with E-state index >= 15 is 0 Å². The van der Waals surface area contributed by atoms with Gasteiger partial charge in [-0.15, -0.1) is 0 Å². The van der Waals surface area contributed by atoms with E-state index in [1.807, 2.05) is 0 Å². The molecule has 0 unspecified atom stereocenters. The van der Waals surface area contributed by atoms with Crippen LogP contribution in [0.25, 0.3) is 0 Å². The molecule has 21 heavy (non-hydrogen) atoms. The Labute approximate surface area is 118 Å². The number of barbiturate groups is 1. The van der Waals surface area contributed by atoms with Crippen molar-refractivity contribution < 1.29 is 23.2 Å². The molecule has 2 aliphatic rings. The molecule has 0 bridgehead atoms. The Morgan fingerprint density at radius 3 is 2.52 bits per heavy atom. The van der Waals surface area contributed by atoms with Gasteiger partial charge < -0.3 is 0 Å². The van der Waals surface area contributed by atoms with E-state index in [1.165, 1.54) is 0 Å². The van der Waals surface area contributed by atoms with E-state index in [0.29, 0.717) is 12.8 Å². The van der Waals surface area contributed by atoms with Gasteiger partial charge in [0.2, 0.25) is 11.8 Å². The van der Waals surface area contributed by atoms with E-state index in [-0.39, 0.29) is 5.56 Å². The molecular formula is C14H12F2N2O3. The number of imide groups is 2. The van der Waals surface area contributed by atoms with E-state index < -0.39 is 41.4 Å². The lowest BCUT2D eigenvalue weighted by atomic mass is 9.66. The molecule has 7 heteroatoms. The van der Waals surface area contributed by atoms with E-state index in [4.69, 9.17) is 0 Å². The summed E-state index contributed by atoms with van der Waals surface area (Å²) < 4.78 is 26.8. The van der Waals surface area contributed by atoms with Crippen LogP contribution in [-0.4, -0.2) is 22.7 Å². The maximum atomic E-state index is 13.6. The quantitative estimate of drug-likeness (QED) is 0.844. The molecule has 1 aliphatic heterocycles. The van der Waals surface area contributed by atoms with Gasteiger partial charge in [0.15, 0.2) is 0 Å². The fraction of sp³-hybridized carbons (Fsp3) is 0.357. The Balaban J connectivity index is 1.90. The number of nitrogens with zero attached hydrogens (tertiary/aromatic N) is 1. The molecule has 1 spiro atoms. The van der Waals surface area contributed by atoms with Gasteiger partial charge in [-0.2, -0.15) is 0 Å². The number of urea groups is 1. The van der Waals surface area contributed by atoms with Gasteiger partial charge in [-0.3, -0.25) is 19.8 Å². The van der Waals surface area contributed by atoms with Gasteiger partial charge in [0.1, 0.15) is 17.0 Å². The van der Waals surface area contributed by atoms with Crippen LogP contribution in [0.5, 0.6) is 0 Å².